The minimum Gasteiger partial charge on any atom is -0.339 e. The first-order valence-corrected chi connectivity index (χ1v) is 9.40. The van der Waals surface area contributed by atoms with Gasteiger partial charge >= 0.3 is 0 Å². The lowest BCUT2D eigenvalue weighted by atomic mass is 9.78. The molecule has 1 N–H and O–H groups in total. The van der Waals surface area contributed by atoms with Gasteiger partial charge in [-0.1, -0.05) is 48.0 Å². The Morgan fingerprint density at radius 2 is 1.76 bits per heavy atom. The summed E-state index contributed by atoms with van der Waals surface area (Å²) < 4.78 is 0. The van der Waals surface area contributed by atoms with E-state index in [1.807, 2.05) is 41.3 Å². The van der Waals surface area contributed by atoms with Gasteiger partial charge in [-0.2, -0.15) is 0 Å². The van der Waals surface area contributed by atoms with Crippen molar-refractivity contribution in [3.05, 3.63) is 59.1 Å². The Morgan fingerprint density at radius 3 is 2.44 bits per heavy atom. The summed E-state index contributed by atoms with van der Waals surface area (Å²) in [6.07, 6.45) is 3.41. The van der Waals surface area contributed by atoms with Crippen molar-refractivity contribution in [2.45, 2.75) is 19.3 Å². The summed E-state index contributed by atoms with van der Waals surface area (Å²) in [5, 5.41) is 4.00. The average Bonchev–Trinajstić information content (AvgIpc) is 3.11. The van der Waals surface area contributed by atoms with Crippen molar-refractivity contribution in [2.75, 3.05) is 26.2 Å². The molecule has 0 unspecified atom stereocenters. The number of hydrogen-bond acceptors (Lipinski definition) is 2. The zero-order chi connectivity index (χ0) is 17.3. The molecule has 3 nitrogen and oxygen atoms in total. The van der Waals surface area contributed by atoms with Crippen LogP contribution in [0.4, 0.5) is 0 Å². The maximum Gasteiger partial charge on any atom is 0.255 e. The number of carbonyl (C=O) groups excluding carboxylic acids is 1. The number of rotatable bonds is 2. The van der Waals surface area contributed by atoms with Gasteiger partial charge in [0.15, 0.2) is 0 Å². The molecule has 0 radical (unpaired) electrons. The molecule has 0 aliphatic carbocycles. The van der Waals surface area contributed by atoms with Crippen LogP contribution in [0.3, 0.4) is 0 Å². The lowest BCUT2D eigenvalue weighted by molar-refractivity contribution is 0.0608. The lowest BCUT2D eigenvalue weighted by Gasteiger charge is -2.39. The minimum absolute atomic E-state index is 0.0589. The van der Waals surface area contributed by atoms with Crippen molar-refractivity contribution in [1.29, 1.82) is 0 Å². The third-order valence-electron chi connectivity index (χ3n) is 5.75. The average molecular weight is 355 g/mol. The molecule has 2 saturated heterocycles. The fourth-order valence-corrected chi connectivity index (χ4v) is 4.27. The van der Waals surface area contributed by atoms with Gasteiger partial charge in [0.25, 0.3) is 5.91 Å². The fraction of sp³-hybridized carbons (Fsp3) is 0.381. The Hall–Kier alpha value is -1.84. The highest BCUT2D eigenvalue weighted by Gasteiger charge is 2.38. The standard InChI is InChI=1S/C21H23ClN2O/c22-19-7-6-17(16-4-2-1-3-5-16)14-18(19)20(25)24-12-9-21(10-13-24)8-11-23-15-21/h1-7,14,23H,8-13,15H2. The molecule has 4 rings (SSSR count). The molecule has 2 heterocycles. The van der Waals surface area contributed by atoms with E-state index in [1.165, 1.54) is 6.42 Å². The van der Waals surface area contributed by atoms with Crippen LogP contribution in [0, 0.1) is 5.41 Å². The van der Waals surface area contributed by atoms with Crippen LogP contribution in [-0.2, 0) is 0 Å². The normalized spacial score (nSPS) is 19.3. The molecule has 0 saturated carbocycles. The first kappa shape index (κ1) is 16.6. The molecular formula is C21H23ClN2O. The summed E-state index contributed by atoms with van der Waals surface area (Å²) in [7, 11) is 0. The highest BCUT2D eigenvalue weighted by Crippen LogP contribution is 2.37. The van der Waals surface area contributed by atoms with Crippen molar-refractivity contribution in [1.82, 2.24) is 10.2 Å². The molecule has 2 aromatic rings. The molecule has 0 atom stereocenters. The van der Waals surface area contributed by atoms with Gasteiger partial charge in [0.2, 0.25) is 0 Å². The molecule has 2 fully saturated rings. The predicted molar refractivity (Wildman–Crippen MR) is 102 cm³/mol. The van der Waals surface area contributed by atoms with Gasteiger partial charge in [-0.3, -0.25) is 4.79 Å². The van der Waals surface area contributed by atoms with E-state index in [0.717, 1.165) is 50.1 Å². The predicted octanol–water partition coefficient (Wildman–Crippen LogP) is 4.22. The van der Waals surface area contributed by atoms with E-state index in [2.05, 4.69) is 17.4 Å². The quantitative estimate of drug-likeness (QED) is 0.875. The van der Waals surface area contributed by atoms with Crippen molar-refractivity contribution < 1.29 is 4.79 Å². The van der Waals surface area contributed by atoms with Crippen LogP contribution in [0.25, 0.3) is 11.1 Å². The van der Waals surface area contributed by atoms with E-state index in [-0.39, 0.29) is 5.91 Å². The smallest absolute Gasteiger partial charge is 0.255 e. The maximum atomic E-state index is 13.0. The van der Waals surface area contributed by atoms with Crippen molar-refractivity contribution in [3.8, 4) is 11.1 Å². The molecule has 1 amide bonds. The van der Waals surface area contributed by atoms with Gasteiger partial charge in [0.1, 0.15) is 0 Å². The van der Waals surface area contributed by atoms with Crippen molar-refractivity contribution in [3.63, 3.8) is 0 Å². The lowest BCUT2D eigenvalue weighted by Crippen LogP contribution is -2.44. The second-order valence-electron chi connectivity index (χ2n) is 7.28. The Bertz CT molecular complexity index is 759. The van der Waals surface area contributed by atoms with Crippen LogP contribution in [0.2, 0.25) is 5.02 Å². The molecule has 0 bridgehead atoms. The molecule has 2 aliphatic rings. The largest absolute Gasteiger partial charge is 0.339 e. The van der Waals surface area contributed by atoms with Gasteiger partial charge < -0.3 is 10.2 Å². The van der Waals surface area contributed by atoms with Gasteiger partial charge in [-0.25, -0.2) is 0 Å². The number of halogens is 1. The molecule has 0 aromatic heterocycles. The summed E-state index contributed by atoms with van der Waals surface area (Å²) in [6, 6.07) is 15.8. The van der Waals surface area contributed by atoms with Gasteiger partial charge in [0, 0.05) is 19.6 Å². The summed E-state index contributed by atoms with van der Waals surface area (Å²) >= 11 is 6.36. The number of carbonyl (C=O) groups is 1. The highest BCUT2D eigenvalue weighted by atomic mass is 35.5. The van der Waals surface area contributed by atoms with Crippen LogP contribution in [0.1, 0.15) is 29.6 Å². The molecule has 25 heavy (non-hydrogen) atoms. The van der Waals surface area contributed by atoms with Crippen LogP contribution in [0.15, 0.2) is 48.5 Å². The zero-order valence-electron chi connectivity index (χ0n) is 14.3. The third kappa shape index (κ3) is 3.31. The molecule has 2 aliphatic heterocycles. The van der Waals surface area contributed by atoms with E-state index in [0.29, 0.717) is 16.0 Å². The van der Waals surface area contributed by atoms with Crippen LogP contribution >= 0.6 is 11.6 Å². The van der Waals surface area contributed by atoms with E-state index < -0.39 is 0 Å². The van der Waals surface area contributed by atoms with Crippen LogP contribution in [0.5, 0.6) is 0 Å². The summed E-state index contributed by atoms with van der Waals surface area (Å²) in [4.78, 5) is 15.0. The monoisotopic (exact) mass is 354 g/mol. The Balaban J connectivity index is 1.54. The SMILES string of the molecule is O=C(c1cc(-c2ccccc2)ccc1Cl)N1CCC2(CCNC2)CC1. The highest BCUT2D eigenvalue weighted by molar-refractivity contribution is 6.34. The molecule has 2 aromatic carbocycles. The fourth-order valence-electron chi connectivity index (χ4n) is 4.08. The first-order chi connectivity index (χ1) is 12.2. The van der Waals surface area contributed by atoms with E-state index in [9.17, 15) is 4.79 Å². The summed E-state index contributed by atoms with van der Waals surface area (Å²) in [6.45, 7) is 3.86. The van der Waals surface area contributed by atoms with Crippen molar-refractivity contribution in [2.24, 2.45) is 5.41 Å². The molecule has 4 heteroatoms. The Labute approximate surface area is 154 Å². The Kier molecular flexibility index (Phi) is 4.53. The summed E-state index contributed by atoms with van der Waals surface area (Å²) in [5.41, 5.74) is 3.15. The second kappa shape index (κ2) is 6.81. The molecule has 1 spiro atoms. The van der Waals surface area contributed by atoms with Gasteiger partial charge in [-0.15, -0.1) is 0 Å². The van der Waals surface area contributed by atoms with Gasteiger partial charge in [-0.05, 0) is 54.5 Å². The minimum atomic E-state index is 0.0589. The molecule has 130 valence electrons. The van der Waals surface area contributed by atoms with Gasteiger partial charge in [0.05, 0.1) is 10.6 Å². The van der Waals surface area contributed by atoms with Crippen molar-refractivity contribution >= 4 is 17.5 Å². The summed E-state index contributed by atoms with van der Waals surface area (Å²) in [5.74, 6) is 0.0589. The van der Waals surface area contributed by atoms with E-state index in [1.54, 1.807) is 0 Å². The number of benzene rings is 2. The number of nitrogens with zero attached hydrogens (tertiary/aromatic N) is 1. The second-order valence-corrected chi connectivity index (χ2v) is 7.69. The Morgan fingerprint density at radius 1 is 1.00 bits per heavy atom. The van der Waals surface area contributed by atoms with Crippen LogP contribution in [-0.4, -0.2) is 37.0 Å². The van der Waals surface area contributed by atoms with E-state index in [4.69, 9.17) is 11.6 Å². The number of likely N-dealkylation sites (tertiary alicyclic amines) is 1. The number of piperidine rings is 1. The maximum absolute atomic E-state index is 13.0. The number of amides is 1. The third-order valence-corrected chi connectivity index (χ3v) is 6.08. The number of nitrogens with one attached hydrogen (secondary N) is 1. The topological polar surface area (TPSA) is 32.3 Å². The number of hydrogen-bond donors (Lipinski definition) is 1. The molecular weight excluding hydrogens is 332 g/mol. The first-order valence-electron chi connectivity index (χ1n) is 9.02. The van der Waals surface area contributed by atoms with E-state index >= 15 is 0 Å². The zero-order valence-corrected chi connectivity index (χ0v) is 15.1. The van der Waals surface area contributed by atoms with Crippen LogP contribution < -0.4 is 5.32 Å².